The van der Waals surface area contributed by atoms with Crippen molar-refractivity contribution >= 4 is 11.6 Å². The van der Waals surface area contributed by atoms with Crippen LogP contribution in [0.15, 0.2) is 0 Å². The zero-order chi connectivity index (χ0) is 12.2. The molecular weight excluding hydrogens is 228 g/mol. The maximum atomic E-state index is 5.31. The first-order valence-electron chi connectivity index (χ1n) is 6.26. The normalized spacial score (nSPS) is 29.2. The Balaban J connectivity index is 0.000000197. The van der Waals surface area contributed by atoms with Crippen molar-refractivity contribution in [1.29, 1.82) is 0 Å². The molecule has 0 bridgehead atoms. The van der Waals surface area contributed by atoms with Crippen LogP contribution >= 0.6 is 11.6 Å². The molecular formula is C12H25ClO3. The maximum Gasteiger partial charge on any atom is 0.157 e. The molecule has 2 atom stereocenters. The van der Waals surface area contributed by atoms with E-state index in [1.807, 2.05) is 20.8 Å². The Morgan fingerprint density at radius 1 is 0.875 bits per heavy atom. The minimum Gasteiger partial charge on any atom is -0.381 e. The lowest BCUT2D eigenvalue weighted by Crippen LogP contribution is -2.09. The Morgan fingerprint density at radius 3 is 1.25 bits per heavy atom. The number of epoxide rings is 1. The molecule has 0 spiro atoms. The van der Waals surface area contributed by atoms with Gasteiger partial charge in [-0.05, 0) is 26.2 Å². The fourth-order valence-electron chi connectivity index (χ4n) is 0.814. The van der Waals surface area contributed by atoms with Gasteiger partial charge in [0.15, 0.2) is 5.56 Å². The molecule has 0 N–H and O–H groups in total. The molecule has 3 aliphatic rings. The number of ether oxygens (including phenoxy) is 3. The number of rotatable bonds is 0. The highest BCUT2D eigenvalue weighted by Gasteiger charge is 2.30. The first-order valence-corrected chi connectivity index (χ1v) is 6.69. The molecule has 0 aromatic heterocycles. The highest BCUT2D eigenvalue weighted by atomic mass is 35.5. The zero-order valence-electron chi connectivity index (χ0n) is 10.7. The van der Waals surface area contributed by atoms with E-state index in [0.717, 1.165) is 26.4 Å². The van der Waals surface area contributed by atoms with Gasteiger partial charge in [-0.3, -0.25) is 0 Å². The van der Waals surface area contributed by atoms with Gasteiger partial charge in [0.2, 0.25) is 0 Å². The molecule has 0 aliphatic carbocycles. The van der Waals surface area contributed by atoms with Crippen LogP contribution in [0.25, 0.3) is 0 Å². The van der Waals surface area contributed by atoms with E-state index >= 15 is 0 Å². The average molecular weight is 253 g/mol. The topological polar surface area (TPSA) is 31.0 Å². The Labute approximate surface area is 104 Å². The summed E-state index contributed by atoms with van der Waals surface area (Å²) in [6, 6.07) is 0. The van der Waals surface area contributed by atoms with Crippen LogP contribution in [0.5, 0.6) is 0 Å². The van der Waals surface area contributed by atoms with Crippen LogP contribution in [-0.4, -0.2) is 38.1 Å². The quantitative estimate of drug-likeness (QED) is 0.490. The van der Waals surface area contributed by atoms with E-state index in [0.29, 0.717) is 6.10 Å². The molecule has 3 nitrogen and oxygen atoms in total. The van der Waals surface area contributed by atoms with Gasteiger partial charge in [-0.15, -0.1) is 0 Å². The van der Waals surface area contributed by atoms with Crippen LogP contribution in [0, 0.1) is 0 Å². The van der Waals surface area contributed by atoms with Crippen LogP contribution < -0.4 is 0 Å². The Hall–Kier alpha value is 0.170. The Bertz CT molecular complexity index is 119. The van der Waals surface area contributed by atoms with Crippen LogP contribution in [-0.2, 0) is 14.2 Å². The molecule has 16 heavy (non-hydrogen) atoms. The summed E-state index contributed by atoms with van der Waals surface area (Å²) in [5, 5.41) is 0. The third-order valence-corrected chi connectivity index (χ3v) is 2.50. The third kappa shape index (κ3) is 10.7. The van der Waals surface area contributed by atoms with Crippen molar-refractivity contribution in [3.05, 3.63) is 0 Å². The van der Waals surface area contributed by atoms with Crippen LogP contribution in [0.1, 0.15) is 40.0 Å². The standard InChI is InChI=1S/C4H8O.C3H5ClO.C3H6O.C2H6/c1-2-4-5-3-1;1-2-3(4)5-2;1-2-4-3-1;1-2/h1-4H2;2-3H,1H3;1-3H2;1-2H3. The predicted molar refractivity (Wildman–Crippen MR) is 67.0 cm³/mol. The molecule has 0 aromatic carbocycles. The van der Waals surface area contributed by atoms with E-state index in [9.17, 15) is 0 Å². The third-order valence-electron chi connectivity index (χ3n) is 2.04. The summed E-state index contributed by atoms with van der Waals surface area (Å²) < 4.78 is 14.3. The summed E-state index contributed by atoms with van der Waals surface area (Å²) in [4.78, 5) is 0. The fraction of sp³-hybridized carbons (Fsp3) is 1.00. The summed E-state index contributed by atoms with van der Waals surface area (Å²) in [6.07, 6.45) is 4.15. The smallest absolute Gasteiger partial charge is 0.157 e. The van der Waals surface area contributed by atoms with E-state index in [-0.39, 0.29) is 5.56 Å². The van der Waals surface area contributed by atoms with Crippen molar-refractivity contribution in [3.8, 4) is 0 Å². The number of halogens is 1. The molecule has 3 rings (SSSR count). The monoisotopic (exact) mass is 252 g/mol. The minimum absolute atomic E-state index is 0.0231. The van der Waals surface area contributed by atoms with Gasteiger partial charge in [0.25, 0.3) is 0 Å². The van der Waals surface area contributed by atoms with Crippen LogP contribution in [0.3, 0.4) is 0 Å². The van der Waals surface area contributed by atoms with E-state index < -0.39 is 0 Å². The number of alkyl halides is 1. The molecule has 3 heterocycles. The predicted octanol–water partition coefficient (Wildman–Crippen LogP) is 3.20. The van der Waals surface area contributed by atoms with Crippen molar-refractivity contribution < 1.29 is 14.2 Å². The fourth-order valence-corrected chi connectivity index (χ4v) is 0.977. The van der Waals surface area contributed by atoms with Gasteiger partial charge in [0.05, 0.1) is 6.10 Å². The molecule has 3 fully saturated rings. The minimum atomic E-state index is 0.0231. The lowest BCUT2D eigenvalue weighted by Gasteiger charge is -2.09. The summed E-state index contributed by atoms with van der Waals surface area (Å²) in [6.45, 7) is 9.94. The SMILES string of the molecule is C1CCOC1.C1COC1.CC.CC1OC1Cl. The Kier molecular flexibility index (Phi) is 11.8. The van der Waals surface area contributed by atoms with E-state index in [1.54, 1.807) is 0 Å². The molecule has 4 heteroatoms. The first-order chi connectivity index (χ1) is 7.80. The zero-order valence-corrected chi connectivity index (χ0v) is 11.5. The highest BCUT2D eigenvalue weighted by Crippen LogP contribution is 2.23. The maximum absolute atomic E-state index is 5.31. The van der Waals surface area contributed by atoms with E-state index in [4.69, 9.17) is 21.1 Å². The van der Waals surface area contributed by atoms with Gasteiger partial charge in [0.1, 0.15) is 0 Å². The molecule has 0 amide bonds. The number of hydrogen-bond donors (Lipinski definition) is 0. The summed E-state index contributed by atoms with van der Waals surface area (Å²) in [5.41, 5.74) is 0.0231. The first kappa shape index (κ1) is 16.2. The summed E-state index contributed by atoms with van der Waals surface area (Å²) in [5.74, 6) is 0. The van der Waals surface area contributed by atoms with Gasteiger partial charge >= 0.3 is 0 Å². The average Bonchev–Trinajstić information content (AvgIpc) is 2.76. The van der Waals surface area contributed by atoms with Gasteiger partial charge in [-0.1, -0.05) is 25.4 Å². The van der Waals surface area contributed by atoms with Crippen molar-refractivity contribution in [3.63, 3.8) is 0 Å². The molecule has 3 aliphatic heterocycles. The van der Waals surface area contributed by atoms with Gasteiger partial charge in [-0.2, -0.15) is 0 Å². The van der Waals surface area contributed by atoms with Crippen molar-refractivity contribution in [2.75, 3.05) is 26.4 Å². The van der Waals surface area contributed by atoms with Crippen molar-refractivity contribution in [1.82, 2.24) is 0 Å². The van der Waals surface area contributed by atoms with Crippen molar-refractivity contribution in [2.45, 2.75) is 51.7 Å². The lowest BCUT2D eigenvalue weighted by molar-refractivity contribution is 0.0367. The van der Waals surface area contributed by atoms with Crippen LogP contribution in [0.4, 0.5) is 0 Å². The summed E-state index contributed by atoms with van der Waals surface area (Å²) in [7, 11) is 0. The molecule has 0 radical (unpaired) electrons. The largest absolute Gasteiger partial charge is 0.381 e. The summed E-state index contributed by atoms with van der Waals surface area (Å²) >= 11 is 5.31. The van der Waals surface area contributed by atoms with Gasteiger partial charge < -0.3 is 14.2 Å². The van der Waals surface area contributed by atoms with E-state index in [1.165, 1.54) is 19.3 Å². The van der Waals surface area contributed by atoms with Gasteiger partial charge in [-0.25, -0.2) is 0 Å². The molecule has 98 valence electrons. The second-order valence-corrected chi connectivity index (χ2v) is 3.91. The second kappa shape index (κ2) is 11.6. The second-order valence-electron chi connectivity index (χ2n) is 3.48. The lowest BCUT2D eigenvalue weighted by atomic mass is 10.4. The molecule has 3 saturated heterocycles. The molecule has 0 aromatic rings. The van der Waals surface area contributed by atoms with Crippen LogP contribution in [0.2, 0.25) is 0 Å². The van der Waals surface area contributed by atoms with Crippen molar-refractivity contribution in [2.24, 2.45) is 0 Å². The highest BCUT2D eigenvalue weighted by molar-refractivity contribution is 6.21. The molecule has 2 unspecified atom stereocenters. The Morgan fingerprint density at radius 2 is 1.19 bits per heavy atom. The molecule has 0 saturated carbocycles. The number of hydrogen-bond acceptors (Lipinski definition) is 3. The van der Waals surface area contributed by atoms with Gasteiger partial charge in [0, 0.05) is 26.4 Å². The van der Waals surface area contributed by atoms with E-state index in [2.05, 4.69) is 4.74 Å².